The first kappa shape index (κ1) is 11.0. The molecule has 0 rings (SSSR count). The lowest BCUT2D eigenvalue weighted by atomic mass is 10.2. The first-order chi connectivity index (χ1) is 5.52. The average Bonchev–Trinajstić information content (AvgIpc) is 2.04. The van der Waals surface area contributed by atoms with Gasteiger partial charge in [-0.25, -0.2) is 10.1 Å². The number of hydrogen-bond donors (Lipinski definition) is 1. The number of hydrogen-bond acceptors (Lipinski definition) is 5. The van der Waals surface area contributed by atoms with Gasteiger partial charge in [-0.3, -0.25) is 0 Å². The van der Waals surface area contributed by atoms with Crippen molar-refractivity contribution >= 4 is 0 Å². The SMILES string of the molecule is CC(C#N)CN=NC(C)(C)OO. The van der Waals surface area contributed by atoms with E-state index >= 15 is 0 Å². The molecule has 1 unspecified atom stereocenters. The molecule has 0 aromatic heterocycles. The third-order valence-electron chi connectivity index (χ3n) is 1.11. The van der Waals surface area contributed by atoms with Crippen molar-refractivity contribution in [2.24, 2.45) is 16.1 Å². The molecular weight excluding hydrogens is 158 g/mol. The van der Waals surface area contributed by atoms with Crippen LogP contribution >= 0.6 is 0 Å². The maximum atomic E-state index is 8.39. The normalized spacial score (nSPS) is 14.6. The van der Waals surface area contributed by atoms with E-state index in [1.54, 1.807) is 20.8 Å². The fourth-order valence-electron chi connectivity index (χ4n) is 0.393. The van der Waals surface area contributed by atoms with E-state index in [1.165, 1.54) is 0 Å². The lowest BCUT2D eigenvalue weighted by Crippen LogP contribution is -2.18. The highest BCUT2D eigenvalue weighted by molar-refractivity contribution is 4.79. The minimum atomic E-state index is -1.02. The van der Waals surface area contributed by atoms with E-state index in [0.29, 0.717) is 6.54 Å². The van der Waals surface area contributed by atoms with E-state index in [9.17, 15) is 0 Å². The number of azo groups is 1. The van der Waals surface area contributed by atoms with Gasteiger partial charge in [0, 0.05) is 0 Å². The molecule has 0 amide bonds. The summed E-state index contributed by atoms with van der Waals surface area (Å²) in [5.41, 5.74) is -1.02. The van der Waals surface area contributed by atoms with Gasteiger partial charge in [0.2, 0.25) is 5.72 Å². The summed E-state index contributed by atoms with van der Waals surface area (Å²) >= 11 is 0. The van der Waals surface area contributed by atoms with Crippen molar-refractivity contribution in [3.8, 4) is 6.07 Å². The van der Waals surface area contributed by atoms with Crippen LogP contribution in [0.25, 0.3) is 0 Å². The Balaban J connectivity index is 3.85. The van der Waals surface area contributed by atoms with Crippen LogP contribution in [0.2, 0.25) is 0 Å². The Morgan fingerprint density at radius 1 is 1.67 bits per heavy atom. The smallest absolute Gasteiger partial charge is 0.206 e. The Hall–Kier alpha value is -0.990. The van der Waals surface area contributed by atoms with Crippen molar-refractivity contribution in [1.82, 2.24) is 0 Å². The van der Waals surface area contributed by atoms with Crippen molar-refractivity contribution in [3.05, 3.63) is 0 Å². The molecule has 0 spiro atoms. The van der Waals surface area contributed by atoms with Crippen LogP contribution in [0.15, 0.2) is 10.2 Å². The Bertz CT molecular complexity index is 195. The van der Waals surface area contributed by atoms with E-state index in [1.807, 2.05) is 6.07 Å². The molecule has 0 saturated heterocycles. The summed E-state index contributed by atoms with van der Waals surface area (Å²) < 4.78 is 0. The van der Waals surface area contributed by atoms with Gasteiger partial charge in [-0.1, -0.05) is 0 Å². The first-order valence-electron chi connectivity index (χ1n) is 3.62. The molecule has 0 aliphatic carbocycles. The fraction of sp³-hybridized carbons (Fsp3) is 0.857. The van der Waals surface area contributed by atoms with Gasteiger partial charge in [-0.2, -0.15) is 15.5 Å². The molecule has 0 aliphatic rings. The van der Waals surface area contributed by atoms with Crippen LogP contribution in [0.5, 0.6) is 0 Å². The summed E-state index contributed by atoms with van der Waals surface area (Å²) in [6.45, 7) is 5.19. The lowest BCUT2D eigenvalue weighted by molar-refractivity contribution is -0.311. The zero-order valence-corrected chi connectivity index (χ0v) is 7.48. The van der Waals surface area contributed by atoms with Crippen molar-refractivity contribution in [1.29, 1.82) is 5.26 Å². The third kappa shape index (κ3) is 4.77. The number of nitrogens with zero attached hydrogens (tertiary/aromatic N) is 3. The quantitative estimate of drug-likeness (QED) is 0.398. The monoisotopic (exact) mass is 171 g/mol. The Morgan fingerprint density at radius 2 is 2.25 bits per heavy atom. The van der Waals surface area contributed by atoms with Crippen molar-refractivity contribution in [2.45, 2.75) is 26.5 Å². The Kier molecular flexibility index (Phi) is 4.40. The molecule has 5 heteroatoms. The van der Waals surface area contributed by atoms with Gasteiger partial charge in [-0.15, -0.1) is 0 Å². The molecule has 0 aromatic rings. The molecule has 12 heavy (non-hydrogen) atoms. The molecule has 1 atom stereocenters. The van der Waals surface area contributed by atoms with Gasteiger partial charge >= 0.3 is 0 Å². The Morgan fingerprint density at radius 3 is 2.67 bits per heavy atom. The fourth-order valence-corrected chi connectivity index (χ4v) is 0.393. The van der Waals surface area contributed by atoms with E-state index in [0.717, 1.165) is 0 Å². The van der Waals surface area contributed by atoms with Crippen LogP contribution in [-0.2, 0) is 4.89 Å². The molecule has 0 radical (unpaired) electrons. The van der Waals surface area contributed by atoms with Crippen LogP contribution in [0.4, 0.5) is 0 Å². The zero-order valence-electron chi connectivity index (χ0n) is 7.48. The van der Waals surface area contributed by atoms with Gasteiger partial charge in [0.1, 0.15) is 0 Å². The van der Waals surface area contributed by atoms with Crippen molar-refractivity contribution < 1.29 is 10.1 Å². The van der Waals surface area contributed by atoms with Crippen LogP contribution in [-0.4, -0.2) is 17.5 Å². The molecule has 5 nitrogen and oxygen atoms in total. The van der Waals surface area contributed by atoms with Gasteiger partial charge < -0.3 is 0 Å². The molecule has 68 valence electrons. The van der Waals surface area contributed by atoms with Crippen LogP contribution in [0.1, 0.15) is 20.8 Å². The van der Waals surface area contributed by atoms with Gasteiger partial charge in [-0.05, 0) is 20.8 Å². The molecule has 0 bridgehead atoms. The maximum Gasteiger partial charge on any atom is 0.206 e. The van der Waals surface area contributed by atoms with Crippen LogP contribution in [0.3, 0.4) is 0 Å². The van der Waals surface area contributed by atoms with Crippen LogP contribution in [0, 0.1) is 17.2 Å². The zero-order chi connectivity index (χ0) is 9.61. The predicted octanol–water partition coefficient (Wildman–Crippen LogP) is 1.82. The average molecular weight is 171 g/mol. The Labute approximate surface area is 71.6 Å². The van der Waals surface area contributed by atoms with Gasteiger partial charge in [0.25, 0.3) is 0 Å². The molecule has 0 saturated carbocycles. The minimum absolute atomic E-state index is 0.164. The van der Waals surface area contributed by atoms with E-state index < -0.39 is 5.72 Å². The third-order valence-corrected chi connectivity index (χ3v) is 1.11. The summed E-state index contributed by atoms with van der Waals surface area (Å²) in [7, 11) is 0. The molecule has 0 aromatic carbocycles. The summed E-state index contributed by atoms with van der Waals surface area (Å²) in [5, 5.41) is 24.1. The molecule has 0 fully saturated rings. The van der Waals surface area contributed by atoms with E-state index in [-0.39, 0.29) is 5.92 Å². The largest absolute Gasteiger partial charge is 0.249 e. The second-order valence-corrected chi connectivity index (χ2v) is 2.99. The topological polar surface area (TPSA) is 78.0 Å². The maximum absolute atomic E-state index is 8.39. The van der Waals surface area contributed by atoms with E-state index in [2.05, 4.69) is 15.1 Å². The summed E-state index contributed by atoms with van der Waals surface area (Å²) in [6.07, 6.45) is 0. The molecule has 0 aliphatic heterocycles. The molecular formula is C7H13N3O2. The second kappa shape index (κ2) is 4.80. The minimum Gasteiger partial charge on any atom is -0.249 e. The summed E-state index contributed by atoms with van der Waals surface area (Å²) in [4.78, 5) is 4.01. The molecule has 1 N–H and O–H groups in total. The first-order valence-corrected chi connectivity index (χ1v) is 3.62. The van der Waals surface area contributed by atoms with Gasteiger partial charge in [0.05, 0.1) is 18.5 Å². The lowest BCUT2D eigenvalue weighted by Gasteiger charge is -2.12. The highest BCUT2D eigenvalue weighted by Gasteiger charge is 2.16. The highest BCUT2D eigenvalue weighted by Crippen LogP contribution is 2.09. The molecule has 0 heterocycles. The number of nitriles is 1. The summed E-state index contributed by atoms with van der Waals surface area (Å²) in [6, 6.07) is 2.01. The highest BCUT2D eigenvalue weighted by atomic mass is 17.1. The van der Waals surface area contributed by atoms with Crippen molar-refractivity contribution in [3.63, 3.8) is 0 Å². The standard InChI is InChI=1S/C7H13N3O2/c1-6(4-8)5-9-10-7(2,3)12-11/h6,11H,5H2,1-3H3. The summed E-state index contributed by atoms with van der Waals surface area (Å²) in [5.74, 6) is -0.164. The predicted molar refractivity (Wildman–Crippen MR) is 42.3 cm³/mol. The number of rotatable bonds is 4. The van der Waals surface area contributed by atoms with Gasteiger partial charge in [0.15, 0.2) is 0 Å². The van der Waals surface area contributed by atoms with Crippen molar-refractivity contribution in [2.75, 3.05) is 6.54 Å². The van der Waals surface area contributed by atoms with Crippen LogP contribution < -0.4 is 0 Å². The van der Waals surface area contributed by atoms with E-state index in [4.69, 9.17) is 10.5 Å². The second-order valence-electron chi connectivity index (χ2n) is 2.99.